The number of rotatable bonds is 7. The van der Waals surface area contributed by atoms with Crippen molar-refractivity contribution in [3.05, 3.63) is 212 Å². The second-order valence-corrected chi connectivity index (χ2v) is 13.3. The van der Waals surface area contributed by atoms with Gasteiger partial charge in [0.15, 0.2) is 0 Å². The fraction of sp³-hybridized carbons (Fsp3) is 0. The maximum atomic E-state index is 8.92. The van der Waals surface area contributed by atoms with Gasteiger partial charge in [-0.2, -0.15) is 0 Å². The van der Waals surface area contributed by atoms with Crippen LogP contribution in [0.25, 0.3) is 77.2 Å². The standard InChI is InChI=1S/C52H35NO/c1-5-15-36(16-6-1)37-25-29-43(30-26-37)53(42-22-11-4-12-23-42)49-35-41(28-31-44(49)38-17-7-2-8-18-38)45-33-34-47(39-19-9-3-10-20-39)52-50(45)48-32-27-40-21-13-14-24-46(40)51(48)54-52/h1-35H/i3D,9D,10D,19D,20D. The molecule has 2 heteroatoms. The van der Waals surface area contributed by atoms with Crippen LogP contribution in [-0.4, -0.2) is 0 Å². The van der Waals surface area contributed by atoms with E-state index in [0.29, 0.717) is 16.7 Å². The van der Waals surface area contributed by atoms with E-state index in [2.05, 4.69) is 132 Å². The molecule has 2 nitrogen and oxygen atoms in total. The van der Waals surface area contributed by atoms with Crippen molar-refractivity contribution in [2.24, 2.45) is 0 Å². The lowest BCUT2D eigenvalue weighted by molar-refractivity contribution is 0.674. The lowest BCUT2D eigenvalue weighted by Gasteiger charge is -2.29. The SMILES string of the molecule is [2H]c1c([2H])c([2H])c(-c2ccc(-c3ccc(-c4ccccc4)c(N(c4ccccc4)c4ccc(-c5ccccc5)cc4)c3)c3c2oc2c4ccccc4ccc23)c([2H])c1[2H]. The maximum absolute atomic E-state index is 8.92. The van der Waals surface area contributed by atoms with Gasteiger partial charge in [-0.1, -0.05) is 170 Å². The molecule has 0 aliphatic carbocycles. The van der Waals surface area contributed by atoms with Gasteiger partial charge in [0, 0.05) is 38.7 Å². The Kier molecular flexibility index (Phi) is 6.61. The summed E-state index contributed by atoms with van der Waals surface area (Å²) in [5.41, 5.74) is 10.8. The topological polar surface area (TPSA) is 16.4 Å². The highest BCUT2D eigenvalue weighted by Gasteiger charge is 2.22. The number of benzene rings is 9. The largest absolute Gasteiger partial charge is 0.455 e. The molecule has 0 radical (unpaired) electrons. The van der Waals surface area contributed by atoms with Crippen molar-refractivity contribution in [3.8, 4) is 44.5 Å². The second kappa shape index (κ2) is 13.4. The predicted octanol–water partition coefficient (Wildman–Crippen LogP) is 14.9. The molecule has 9 aromatic carbocycles. The zero-order valence-electron chi connectivity index (χ0n) is 34.2. The molecule has 1 heterocycles. The van der Waals surface area contributed by atoms with Gasteiger partial charge in [0.05, 0.1) is 12.5 Å². The van der Waals surface area contributed by atoms with Crippen LogP contribution in [0.2, 0.25) is 0 Å². The molecule has 0 aliphatic heterocycles. The fourth-order valence-electron chi connectivity index (χ4n) is 7.61. The summed E-state index contributed by atoms with van der Waals surface area (Å²) >= 11 is 0. The number of nitrogens with zero attached hydrogens (tertiary/aromatic N) is 1. The van der Waals surface area contributed by atoms with E-state index in [1.165, 1.54) is 0 Å². The number of furan rings is 1. The van der Waals surface area contributed by atoms with Gasteiger partial charge in [0.25, 0.3) is 0 Å². The molecular formula is C52H35NO. The van der Waals surface area contributed by atoms with Crippen LogP contribution in [0, 0.1) is 0 Å². The summed E-state index contributed by atoms with van der Waals surface area (Å²) in [6, 6.07) is 60.5. The van der Waals surface area contributed by atoms with Crippen LogP contribution >= 0.6 is 0 Å². The van der Waals surface area contributed by atoms with Gasteiger partial charge in [0.1, 0.15) is 11.2 Å². The molecule has 0 spiro atoms. The van der Waals surface area contributed by atoms with Gasteiger partial charge in [-0.15, -0.1) is 0 Å². The Morgan fingerprint density at radius 2 is 0.981 bits per heavy atom. The summed E-state index contributed by atoms with van der Waals surface area (Å²) < 4.78 is 49.9. The summed E-state index contributed by atoms with van der Waals surface area (Å²) in [7, 11) is 0. The molecule has 0 N–H and O–H groups in total. The van der Waals surface area contributed by atoms with E-state index < -0.39 is 18.1 Å². The molecule has 0 bridgehead atoms. The molecule has 10 rings (SSSR count). The van der Waals surface area contributed by atoms with Crippen LogP contribution < -0.4 is 4.90 Å². The highest BCUT2D eigenvalue weighted by molar-refractivity contribution is 6.21. The monoisotopic (exact) mass is 694 g/mol. The van der Waals surface area contributed by atoms with Gasteiger partial charge in [-0.3, -0.25) is 0 Å². The van der Waals surface area contributed by atoms with E-state index in [1.807, 2.05) is 54.6 Å². The van der Waals surface area contributed by atoms with Crippen LogP contribution in [0.3, 0.4) is 0 Å². The molecule has 0 amide bonds. The van der Waals surface area contributed by atoms with E-state index in [0.717, 1.165) is 72.0 Å². The Hall–Kier alpha value is -7.16. The minimum atomic E-state index is -0.434. The van der Waals surface area contributed by atoms with Crippen molar-refractivity contribution >= 4 is 49.8 Å². The lowest BCUT2D eigenvalue weighted by atomic mass is 9.92. The van der Waals surface area contributed by atoms with Crippen molar-refractivity contribution in [1.29, 1.82) is 0 Å². The van der Waals surface area contributed by atoms with E-state index in [-0.39, 0.29) is 17.6 Å². The van der Waals surface area contributed by atoms with Crippen LogP contribution in [0.4, 0.5) is 17.1 Å². The maximum Gasteiger partial charge on any atom is 0.143 e. The Labute approximate surface area is 321 Å². The van der Waals surface area contributed by atoms with Gasteiger partial charge < -0.3 is 9.32 Å². The van der Waals surface area contributed by atoms with Crippen LogP contribution in [0.15, 0.2) is 217 Å². The first-order chi connectivity index (χ1) is 28.9. The molecule has 254 valence electrons. The number of hydrogen-bond donors (Lipinski definition) is 0. The highest BCUT2D eigenvalue weighted by atomic mass is 16.3. The zero-order chi connectivity index (χ0) is 40.2. The van der Waals surface area contributed by atoms with Gasteiger partial charge >= 0.3 is 0 Å². The molecule has 0 saturated carbocycles. The third kappa shape index (κ3) is 5.53. The first-order valence-electron chi connectivity index (χ1n) is 20.5. The molecule has 54 heavy (non-hydrogen) atoms. The molecule has 0 atom stereocenters. The van der Waals surface area contributed by atoms with Crippen LogP contribution in [-0.2, 0) is 0 Å². The minimum absolute atomic E-state index is 0.102. The predicted molar refractivity (Wildman–Crippen MR) is 228 cm³/mol. The third-order valence-electron chi connectivity index (χ3n) is 10.2. The third-order valence-corrected chi connectivity index (χ3v) is 10.2. The average molecular weight is 695 g/mol. The van der Waals surface area contributed by atoms with Crippen LogP contribution in [0.1, 0.15) is 6.85 Å². The fourth-order valence-corrected chi connectivity index (χ4v) is 7.61. The summed E-state index contributed by atoms with van der Waals surface area (Å²) in [4.78, 5) is 2.29. The summed E-state index contributed by atoms with van der Waals surface area (Å²) in [5, 5.41) is 3.60. The van der Waals surface area contributed by atoms with E-state index in [4.69, 9.17) is 11.3 Å². The van der Waals surface area contributed by atoms with E-state index in [1.54, 1.807) is 0 Å². The number of hydrogen-bond acceptors (Lipinski definition) is 2. The van der Waals surface area contributed by atoms with Crippen molar-refractivity contribution in [1.82, 2.24) is 0 Å². The molecule has 10 aromatic rings. The summed E-state index contributed by atoms with van der Waals surface area (Å²) in [6.07, 6.45) is 0. The molecule has 0 fully saturated rings. The first-order valence-corrected chi connectivity index (χ1v) is 18.0. The number of fused-ring (bicyclic) bond motifs is 5. The Morgan fingerprint density at radius 1 is 0.389 bits per heavy atom. The molecule has 0 aliphatic rings. The lowest BCUT2D eigenvalue weighted by Crippen LogP contribution is -2.11. The second-order valence-electron chi connectivity index (χ2n) is 13.3. The van der Waals surface area contributed by atoms with E-state index in [9.17, 15) is 0 Å². The molecule has 0 unspecified atom stereocenters. The minimum Gasteiger partial charge on any atom is -0.455 e. The normalized spacial score (nSPS) is 12.6. The number of para-hydroxylation sites is 1. The van der Waals surface area contributed by atoms with Crippen LogP contribution in [0.5, 0.6) is 0 Å². The smallest absolute Gasteiger partial charge is 0.143 e. The van der Waals surface area contributed by atoms with Gasteiger partial charge in [-0.25, -0.2) is 0 Å². The first kappa shape index (κ1) is 26.6. The number of anilines is 3. The Bertz CT molecular complexity index is 3170. The van der Waals surface area contributed by atoms with Gasteiger partial charge in [0.2, 0.25) is 0 Å². The van der Waals surface area contributed by atoms with Crippen molar-refractivity contribution in [3.63, 3.8) is 0 Å². The zero-order valence-corrected chi connectivity index (χ0v) is 29.2. The highest BCUT2D eigenvalue weighted by Crippen LogP contribution is 2.47. The quantitative estimate of drug-likeness (QED) is 0.165. The van der Waals surface area contributed by atoms with Crippen molar-refractivity contribution in [2.75, 3.05) is 4.90 Å². The Balaban J connectivity index is 1.25. The molecule has 0 saturated heterocycles. The summed E-state index contributed by atoms with van der Waals surface area (Å²) in [6.45, 7) is 0. The van der Waals surface area contributed by atoms with E-state index >= 15 is 0 Å². The summed E-state index contributed by atoms with van der Waals surface area (Å²) in [5.74, 6) is 0. The van der Waals surface area contributed by atoms with Crippen molar-refractivity contribution in [2.45, 2.75) is 0 Å². The van der Waals surface area contributed by atoms with Crippen molar-refractivity contribution < 1.29 is 11.3 Å². The molecular weight excluding hydrogens is 655 g/mol. The Morgan fingerprint density at radius 3 is 1.74 bits per heavy atom. The molecule has 1 aromatic heterocycles. The average Bonchev–Trinajstić information content (AvgIpc) is 3.70. The van der Waals surface area contributed by atoms with Gasteiger partial charge in [-0.05, 0) is 81.2 Å².